The molecule has 0 radical (unpaired) electrons. The molecule has 34 heavy (non-hydrogen) atoms. The number of H-pyrrole nitrogens is 1. The zero-order valence-electron chi connectivity index (χ0n) is 19.8. The van der Waals surface area contributed by atoms with Crippen LogP contribution in [0.4, 0.5) is 0 Å². The first-order valence-corrected chi connectivity index (χ1v) is 11.9. The number of ether oxygens (including phenoxy) is 1. The van der Waals surface area contributed by atoms with Gasteiger partial charge in [-0.25, -0.2) is 4.68 Å². The SMILES string of the molecule is COc1ccc(Cn2nnnc2C[NH+](Cc2cc3ccc(C)cc3[nH]c2=O)C2CCCC2)cc1. The third-order valence-electron chi connectivity index (χ3n) is 6.91. The van der Waals surface area contributed by atoms with Crippen LogP contribution in [-0.4, -0.2) is 38.3 Å². The van der Waals surface area contributed by atoms with Crippen LogP contribution in [0.3, 0.4) is 0 Å². The summed E-state index contributed by atoms with van der Waals surface area (Å²) in [5, 5.41) is 13.6. The molecule has 1 saturated carbocycles. The second-order valence-electron chi connectivity index (χ2n) is 9.31. The highest BCUT2D eigenvalue weighted by Gasteiger charge is 2.29. The van der Waals surface area contributed by atoms with Gasteiger partial charge in [0.2, 0.25) is 5.82 Å². The lowest BCUT2D eigenvalue weighted by Gasteiger charge is -2.25. The van der Waals surface area contributed by atoms with Gasteiger partial charge in [0.25, 0.3) is 5.56 Å². The van der Waals surface area contributed by atoms with Gasteiger partial charge in [-0.3, -0.25) is 4.79 Å². The number of tetrazole rings is 1. The van der Waals surface area contributed by atoms with Crippen LogP contribution in [-0.2, 0) is 19.6 Å². The molecule has 5 rings (SSSR count). The molecule has 0 aliphatic heterocycles. The topological polar surface area (TPSA) is 90.1 Å². The van der Waals surface area contributed by atoms with E-state index in [1.165, 1.54) is 30.6 Å². The highest BCUT2D eigenvalue weighted by Crippen LogP contribution is 2.17. The maximum absolute atomic E-state index is 12.9. The number of benzene rings is 2. The van der Waals surface area contributed by atoms with Crippen LogP contribution in [0.15, 0.2) is 53.3 Å². The minimum atomic E-state index is -0.00794. The van der Waals surface area contributed by atoms with Crippen molar-refractivity contribution in [2.45, 2.75) is 58.3 Å². The van der Waals surface area contributed by atoms with Gasteiger partial charge in [0, 0.05) is 5.52 Å². The van der Waals surface area contributed by atoms with Crippen LogP contribution in [0, 0.1) is 6.92 Å². The molecule has 8 nitrogen and oxygen atoms in total. The van der Waals surface area contributed by atoms with Gasteiger partial charge in [-0.2, -0.15) is 0 Å². The first-order valence-electron chi connectivity index (χ1n) is 11.9. The van der Waals surface area contributed by atoms with Crippen molar-refractivity contribution in [3.05, 3.63) is 81.4 Å². The Kier molecular flexibility index (Phi) is 6.40. The molecule has 8 heteroatoms. The lowest BCUT2D eigenvalue weighted by molar-refractivity contribution is -0.952. The summed E-state index contributed by atoms with van der Waals surface area (Å²) >= 11 is 0. The fraction of sp³-hybridized carbons (Fsp3) is 0.385. The van der Waals surface area contributed by atoms with Crippen LogP contribution in [0.1, 0.15) is 48.2 Å². The van der Waals surface area contributed by atoms with Gasteiger partial charge in [0.15, 0.2) is 0 Å². The van der Waals surface area contributed by atoms with Crippen LogP contribution < -0.4 is 15.2 Å². The fourth-order valence-corrected chi connectivity index (χ4v) is 5.00. The largest absolute Gasteiger partial charge is 0.497 e. The second-order valence-corrected chi connectivity index (χ2v) is 9.31. The number of aromatic amines is 1. The summed E-state index contributed by atoms with van der Waals surface area (Å²) in [6.07, 6.45) is 4.80. The number of fused-ring (bicyclic) bond motifs is 1. The first kappa shape index (κ1) is 22.3. The summed E-state index contributed by atoms with van der Waals surface area (Å²) in [6.45, 7) is 3.96. The number of aromatic nitrogens is 5. The van der Waals surface area contributed by atoms with Crippen molar-refractivity contribution in [1.82, 2.24) is 25.2 Å². The standard InChI is InChI=1S/C26H30N6O2/c1-18-7-10-20-14-21(26(33)27-24(20)13-18)16-31(22-5-3-4-6-22)17-25-28-29-30-32(25)15-19-8-11-23(34-2)12-9-19/h7-14,22H,3-6,15-17H2,1-2H3,(H,27,33)/p+1. The summed E-state index contributed by atoms with van der Waals surface area (Å²) in [7, 11) is 1.66. The van der Waals surface area contributed by atoms with Gasteiger partial charge in [-0.15, -0.1) is 5.10 Å². The van der Waals surface area contributed by atoms with E-state index in [4.69, 9.17) is 4.74 Å². The number of hydrogen-bond acceptors (Lipinski definition) is 5. The Morgan fingerprint density at radius 2 is 1.88 bits per heavy atom. The molecule has 1 aliphatic carbocycles. The van der Waals surface area contributed by atoms with Crippen LogP contribution >= 0.6 is 0 Å². The van der Waals surface area contributed by atoms with Crippen molar-refractivity contribution >= 4 is 10.9 Å². The van der Waals surface area contributed by atoms with Gasteiger partial charge in [-0.1, -0.05) is 24.3 Å². The van der Waals surface area contributed by atoms with Crippen molar-refractivity contribution in [2.75, 3.05) is 7.11 Å². The highest BCUT2D eigenvalue weighted by molar-refractivity contribution is 5.79. The van der Waals surface area contributed by atoms with Crippen LogP contribution in [0.25, 0.3) is 10.9 Å². The summed E-state index contributed by atoms with van der Waals surface area (Å²) in [6, 6.07) is 16.7. The number of quaternary nitrogens is 1. The van der Waals surface area contributed by atoms with Gasteiger partial charge in [0.05, 0.1) is 25.3 Å². The predicted octanol–water partition coefficient (Wildman–Crippen LogP) is 2.41. The number of rotatable bonds is 8. The van der Waals surface area contributed by atoms with Crippen molar-refractivity contribution in [1.29, 1.82) is 0 Å². The Bertz CT molecular complexity index is 1320. The molecule has 2 N–H and O–H groups in total. The molecule has 0 saturated heterocycles. The molecule has 1 fully saturated rings. The summed E-state index contributed by atoms with van der Waals surface area (Å²) < 4.78 is 7.12. The molecule has 1 aliphatic rings. The van der Waals surface area contributed by atoms with E-state index in [1.54, 1.807) is 7.11 Å². The minimum Gasteiger partial charge on any atom is -0.497 e. The van der Waals surface area contributed by atoms with E-state index in [1.807, 2.05) is 48.0 Å². The summed E-state index contributed by atoms with van der Waals surface area (Å²) in [4.78, 5) is 17.4. The monoisotopic (exact) mass is 459 g/mol. The van der Waals surface area contributed by atoms with E-state index in [0.717, 1.165) is 39.2 Å². The molecule has 0 bridgehead atoms. The Morgan fingerprint density at radius 3 is 2.65 bits per heavy atom. The fourth-order valence-electron chi connectivity index (χ4n) is 5.00. The third-order valence-corrected chi connectivity index (χ3v) is 6.91. The zero-order chi connectivity index (χ0) is 23.5. The molecule has 2 heterocycles. The third kappa shape index (κ3) is 4.87. The van der Waals surface area contributed by atoms with E-state index in [2.05, 4.69) is 32.6 Å². The van der Waals surface area contributed by atoms with Gasteiger partial charge in [-0.05, 0) is 83.8 Å². The van der Waals surface area contributed by atoms with E-state index in [9.17, 15) is 4.79 Å². The van der Waals surface area contributed by atoms with Crippen molar-refractivity contribution < 1.29 is 9.64 Å². The quantitative estimate of drug-likeness (QED) is 0.422. The Morgan fingerprint density at radius 1 is 1.09 bits per heavy atom. The maximum Gasteiger partial charge on any atom is 0.257 e. The molecule has 1 unspecified atom stereocenters. The van der Waals surface area contributed by atoms with E-state index < -0.39 is 0 Å². The van der Waals surface area contributed by atoms with Gasteiger partial charge in [0.1, 0.15) is 18.8 Å². The van der Waals surface area contributed by atoms with E-state index >= 15 is 0 Å². The number of pyridine rings is 1. The smallest absolute Gasteiger partial charge is 0.257 e. The number of methoxy groups -OCH3 is 1. The van der Waals surface area contributed by atoms with Gasteiger partial charge >= 0.3 is 0 Å². The number of hydrogen-bond donors (Lipinski definition) is 2. The molecule has 2 aromatic heterocycles. The maximum atomic E-state index is 12.9. The molecule has 1 atom stereocenters. The van der Waals surface area contributed by atoms with Gasteiger partial charge < -0.3 is 14.6 Å². The van der Waals surface area contributed by atoms with Crippen LogP contribution in [0.2, 0.25) is 0 Å². The Hall–Kier alpha value is -3.52. The molecule has 2 aromatic carbocycles. The van der Waals surface area contributed by atoms with E-state index in [-0.39, 0.29) is 5.56 Å². The molecular weight excluding hydrogens is 428 g/mol. The Labute approximate surface area is 198 Å². The molecule has 0 spiro atoms. The lowest BCUT2D eigenvalue weighted by Crippen LogP contribution is -3.13. The minimum absolute atomic E-state index is 0.00794. The number of nitrogens with one attached hydrogen (secondary N) is 2. The second kappa shape index (κ2) is 9.77. The molecule has 4 aromatic rings. The Balaban J connectivity index is 1.39. The zero-order valence-corrected chi connectivity index (χ0v) is 19.8. The molecule has 176 valence electrons. The van der Waals surface area contributed by atoms with Crippen molar-refractivity contribution in [2.24, 2.45) is 0 Å². The van der Waals surface area contributed by atoms with Crippen molar-refractivity contribution in [3.63, 3.8) is 0 Å². The van der Waals surface area contributed by atoms with E-state index in [0.29, 0.717) is 25.7 Å². The molecule has 0 amide bonds. The van der Waals surface area contributed by atoms with Crippen LogP contribution in [0.5, 0.6) is 5.75 Å². The average Bonchev–Trinajstić information content (AvgIpc) is 3.52. The number of nitrogens with zero attached hydrogens (tertiary/aromatic N) is 4. The predicted molar refractivity (Wildman–Crippen MR) is 130 cm³/mol. The summed E-state index contributed by atoms with van der Waals surface area (Å²) in [5.41, 5.74) is 3.94. The average molecular weight is 460 g/mol. The first-order chi connectivity index (χ1) is 16.6. The normalized spacial score (nSPS) is 15.1. The number of aryl methyl sites for hydroxylation is 1. The molecular formula is C26H31N6O2+. The highest BCUT2D eigenvalue weighted by atomic mass is 16.5. The lowest BCUT2D eigenvalue weighted by atomic mass is 10.1. The summed E-state index contributed by atoms with van der Waals surface area (Å²) in [5.74, 6) is 1.67. The van der Waals surface area contributed by atoms with Crippen molar-refractivity contribution in [3.8, 4) is 5.75 Å².